The third-order valence-electron chi connectivity index (χ3n) is 1.16. The SMILES string of the molecule is C=C(CCC)C(=O)OCCO. The quantitative estimate of drug-likeness (QED) is 0.477. The molecule has 0 fully saturated rings. The molecule has 0 aromatic rings. The Morgan fingerprint density at radius 3 is 2.73 bits per heavy atom. The lowest BCUT2D eigenvalue weighted by atomic mass is 10.2. The molecule has 0 rings (SSSR count). The highest BCUT2D eigenvalue weighted by molar-refractivity contribution is 5.87. The summed E-state index contributed by atoms with van der Waals surface area (Å²) >= 11 is 0. The number of aliphatic hydroxyl groups is 1. The summed E-state index contributed by atoms with van der Waals surface area (Å²) < 4.78 is 4.62. The van der Waals surface area contributed by atoms with Crippen LogP contribution in [0.3, 0.4) is 0 Å². The van der Waals surface area contributed by atoms with E-state index in [1.165, 1.54) is 0 Å². The van der Waals surface area contributed by atoms with Crippen LogP contribution in [0.1, 0.15) is 19.8 Å². The van der Waals surface area contributed by atoms with Gasteiger partial charge < -0.3 is 9.84 Å². The van der Waals surface area contributed by atoms with Crippen molar-refractivity contribution in [2.45, 2.75) is 19.8 Å². The van der Waals surface area contributed by atoms with Gasteiger partial charge in [0, 0.05) is 5.57 Å². The molecule has 0 bridgehead atoms. The van der Waals surface area contributed by atoms with E-state index < -0.39 is 5.97 Å². The van der Waals surface area contributed by atoms with Crippen LogP contribution in [0.15, 0.2) is 12.2 Å². The average Bonchev–Trinajstić information content (AvgIpc) is 2.00. The largest absolute Gasteiger partial charge is 0.460 e. The van der Waals surface area contributed by atoms with E-state index in [2.05, 4.69) is 11.3 Å². The third-order valence-corrected chi connectivity index (χ3v) is 1.16. The van der Waals surface area contributed by atoms with Crippen LogP contribution in [0.25, 0.3) is 0 Å². The second kappa shape index (κ2) is 5.92. The van der Waals surface area contributed by atoms with Crippen molar-refractivity contribution in [3.05, 3.63) is 12.2 Å². The molecule has 0 saturated heterocycles. The zero-order valence-electron chi connectivity index (χ0n) is 6.80. The molecule has 0 amide bonds. The van der Waals surface area contributed by atoms with Crippen LogP contribution < -0.4 is 0 Å². The Morgan fingerprint density at radius 2 is 2.27 bits per heavy atom. The van der Waals surface area contributed by atoms with Gasteiger partial charge in [-0.3, -0.25) is 0 Å². The predicted octanol–water partition coefficient (Wildman–Crippen LogP) is 0.878. The fourth-order valence-electron chi connectivity index (χ4n) is 0.644. The smallest absolute Gasteiger partial charge is 0.333 e. The Balaban J connectivity index is 3.56. The molecule has 0 aliphatic heterocycles. The lowest BCUT2D eigenvalue weighted by Crippen LogP contribution is -2.10. The molecular weight excluding hydrogens is 144 g/mol. The minimum atomic E-state index is -0.402. The highest BCUT2D eigenvalue weighted by Crippen LogP contribution is 2.03. The van der Waals surface area contributed by atoms with Crippen molar-refractivity contribution in [1.29, 1.82) is 0 Å². The third kappa shape index (κ3) is 4.56. The van der Waals surface area contributed by atoms with Crippen LogP contribution in [-0.2, 0) is 9.53 Å². The molecular formula is C8H14O3. The summed E-state index contributed by atoms with van der Waals surface area (Å²) in [5.41, 5.74) is 0.473. The normalized spacial score (nSPS) is 9.27. The molecule has 3 heteroatoms. The van der Waals surface area contributed by atoms with Crippen molar-refractivity contribution in [3.8, 4) is 0 Å². The second-order valence-corrected chi connectivity index (χ2v) is 2.21. The first-order chi connectivity index (χ1) is 5.22. The van der Waals surface area contributed by atoms with Crippen LogP contribution in [-0.4, -0.2) is 24.3 Å². The van der Waals surface area contributed by atoms with Gasteiger partial charge in [0.05, 0.1) is 6.61 Å². The number of esters is 1. The predicted molar refractivity (Wildman–Crippen MR) is 42.1 cm³/mol. The van der Waals surface area contributed by atoms with Gasteiger partial charge in [-0.2, -0.15) is 0 Å². The molecule has 11 heavy (non-hydrogen) atoms. The molecule has 0 radical (unpaired) electrons. The minimum absolute atomic E-state index is 0.0571. The van der Waals surface area contributed by atoms with Gasteiger partial charge in [-0.05, 0) is 6.42 Å². The Kier molecular flexibility index (Phi) is 5.47. The first-order valence-electron chi connectivity index (χ1n) is 3.68. The molecule has 0 aromatic carbocycles. The zero-order chi connectivity index (χ0) is 8.69. The van der Waals surface area contributed by atoms with E-state index in [9.17, 15) is 4.79 Å². The van der Waals surface area contributed by atoms with Crippen molar-refractivity contribution < 1.29 is 14.6 Å². The first kappa shape index (κ1) is 10.2. The molecule has 0 spiro atoms. The summed E-state index contributed by atoms with van der Waals surface area (Å²) in [6, 6.07) is 0. The summed E-state index contributed by atoms with van der Waals surface area (Å²) in [6.07, 6.45) is 1.54. The van der Waals surface area contributed by atoms with E-state index in [1.807, 2.05) is 6.92 Å². The van der Waals surface area contributed by atoms with Crippen molar-refractivity contribution >= 4 is 5.97 Å². The minimum Gasteiger partial charge on any atom is -0.460 e. The number of carbonyl (C=O) groups is 1. The zero-order valence-corrected chi connectivity index (χ0v) is 6.80. The lowest BCUT2D eigenvalue weighted by Gasteiger charge is -2.03. The van der Waals surface area contributed by atoms with E-state index in [0.29, 0.717) is 12.0 Å². The maximum absolute atomic E-state index is 10.9. The molecule has 3 nitrogen and oxygen atoms in total. The van der Waals surface area contributed by atoms with Gasteiger partial charge in [0.2, 0.25) is 0 Å². The highest BCUT2D eigenvalue weighted by atomic mass is 16.5. The Labute approximate surface area is 66.7 Å². The summed E-state index contributed by atoms with van der Waals surface area (Å²) in [6.45, 7) is 5.43. The molecule has 0 aliphatic carbocycles. The van der Waals surface area contributed by atoms with Crippen LogP contribution in [0.5, 0.6) is 0 Å². The maximum atomic E-state index is 10.9. The van der Waals surface area contributed by atoms with Gasteiger partial charge in [-0.1, -0.05) is 19.9 Å². The highest BCUT2D eigenvalue weighted by Gasteiger charge is 2.05. The van der Waals surface area contributed by atoms with E-state index in [-0.39, 0.29) is 13.2 Å². The van der Waals surface area contributed by atoms with Crippen molar-refractivity contribution in [2.75, 3.05) is 13.2 Å². The Morgan fingerprint density at radius 1 is 1.64 bits per heavy atom. The number of aliphatic hydroxyl groups excluding tert-OH is 1. The molecule has 0 aliphatic rings. The molecule has 64 valence electrons. The Hall–Kier alpha value is -0.830. The van der Waals surface area contributed by atoms with Gasteiger partial charge in [-0.15, -0.1) is 0 Å². The molecule has 1 N–H and O–H groups in total. The average molecular weight is 158 g/mol. The van der Waals surface area contributed by atoms with Gasteiger partial charge in [-0.25, -0.2) is 4.79 Å². The van der Waals surface area contributed by atoms with E-state index >= 15 is 0 Å². The van der Waals surface area contributed by atoms with Crippen LogP contribution in [0, 0.1) is 0 Å². The Bertz CT molecular complexity index is 140. The molecule has 0 aromatic heterocycles. The summed E-state index contributed by atoms with van der Waals surface area (Å²) in [7, 11) is 0. The molecule has 0 atom stereocenters. The van der Waals surface area contributed by atoms with Crippen molar-refractivity contribution in [1.82, 2.24) is 0 Å². The lowest BCUT2D eigenvalue weighted by molar-refractivity contribution is -0.140. The maximum Gasteiger partial charge on any atom is 0.333 e. The van der Waals surface area contributed by atoms with E-state index in [1.54, 1.807) is 0 Å². The number of hydrogen-bond donors (Lipinski definition) is 1. The number of rotatable bonds is 5. The van der Waals surface area contributed by atoms with Gasteiger partial charge in [0.15, 0.2) is 0 Å². The van der Waals surface area contributed by atoms with Gasteiger partial charge in [0.1, 0.15) is 6.61 Å². The van der Waals surface area contributed by atoms with E-state index in [0.717, 1.165) is 6.42 Å². The number of ether oxygens (including phenoxy) is 1. The second-order valence-electron chi connectivity index (χ2n) is 2.21. The summed E-state index contributed by atoms with van der Waals surface area (Å²) in [5.74, 6) is -0.402. The molecule has 0 saturated carbocycles. The van der Waals surface area contributed by atoms with Crippen molar-refractivity contribution in [2.24, 2.45) is 0 Å². The number of carbonyl (C=O) groups excluding carboxylic acids is 1. The summed E-state index contributed by atoms with van der Waals surface area (Å²) in [5, 5.41) is 8.32. The van der Waals surface area contributed by atoms with Crippen LogP contribution in [0.4, 0.5) is 0 Å². The van der Waals surface area contributed by atoms with E-state index in [4.69, 9.17) is 5.11 Å². The fraction of sp³-hybridized carbons (Fsp3) is 0.625. The van der Waals surface area contributed by atoms with Crippen LogP contribution in [0.2, 0.25) is 0 Å². The molecule has 0 heterocycles. The summed E-state index contributed by atoms with van der Waals surface area (Å²) in [4.78, 5) is 10.9. The number of hydrogen-bond acceptors (Lipinski definition) is 3. The van der Waals surface area contributed by atoms with Gasteiger partial charge in [0.25, 0.3) is 0 Å². The molecule has 0 unspecified atom stereocenters. The monoisotopic (exact) mass is 158 g/mol. The topological polar surface area (TPSA) is 46.5 Å². The van der Waals surface area contributed by atoms with Crippen LogP contribution >= 0.6 is 0 Å². The fourth-order valence-corrected chi connectivity index (χ4v) is 0.644. The first-order valence-corrected chi connectivity index (χ1v) is 3.68. The van der Waals surface area contributed by atoms with Crippen molar-refractivity contribution in [3.63, 3.8) is 0 Å². The van der Waals surface area contributed by atoms with Gasteiger partial charge >= 0.3 is 5.97 Å². The standard InChI is InChI=1S/C8H14O3/c1-3-4-7(2)8(10)11-6-5-9/h9H,2-6H2,1H3.